The fourth-order valence-electron chi connectivity index (χ4n) is 3.28. The predicted molar refractivity (Wildman–Crippen MR) is 103 cm³/mol. The van der Waals surface area contributed by atoms with Gasteiger partial charge in [-0.25, -0.2) is 9.59 Å². The number of amides is 1. The molecule has 27 heavy (non-hydrogen) atoms. The molecule has 0 aliphatic carbocycles. The second kappa shape index (κ2) is 9.36. The summed E-state index contributed by atoms with van der Waals surface area (Å²) < 4.78 is 39.4. The summed E-state index contributed by atoms with van der Waals surface area (Å²) in [5.41, 5.74) is -0.471. The lowest BCUT2D eigenvalue weighted by Gasteiger charge is -2.46. The van der Waals surface area contributed by atoms with Crippen LogP contribution in [-0.4, -0.2) is 63.9 Å². The van der Waals surface area contributed by atoms with Crippen molar-refractivity contribution in [3.05, 3.63) is 0 Å². The second-order valence-electron chi connectivity index (χ2n) is 7.48. The summed E-state index contributed by atoms with van der Waals surface area (Å²) in [7, 11) is 0. The maximum Gasteiger partial charge on any atom is 0.407 e. The molecule has 3 atom stereocenters. The Morgan fingerprint density at radius 2 is 1.96 bits per heavy atom. The number of thioether (sulfide) groups is 1. The first-order valence-corrected chi connectivity index (χ1v) is 10.3. The van der Waals surface area contributed by atoms with Gasteiger partial charge in [0.15, 0.2) is 6.10 Å². The highest BCUT2D eigenvalue weighted by Gasteiger charge is 2.56. The zero-order valence-corrected chi connectivity index (χ0v) is 17.8. The lowest BCUT2D eigenvalue weighted by Crippen LogP contribution is -2.57. The van der Waals surface area contributed by atoms with Gasteiger partial charge in [0, 0.05) is 18.5 Å². The molecule has 1 fully saturated rings. The Labute approximate surface area is 167 Å². The number of hydrogen-bond donors (Lipinski definition) is 1. The maximum absolute atomic E-state index is 14.8. The smallest absolute Gasteiger partial charge is 0.407 e. The fourth-order valence-corrected chi connectivity index (χ4v) is 3.58. The molecular weight excluding hydrogens is 400 g/mol. The number of carboxylic acid groups (broad SMARTS) is 1. The number of carbonyl (C=O) groups excluding carboxylic acids is 1. The van der Waals surface area contributed by atoms with Crippen molar-refractivity contribution < 1.29 is 33.0 Å². The van der Waals surface area contributed by atoms with Crippen LogP contribution in [0.5, 0.6) is 0 Å². The molecule has 1 rings (SSSR count). The quantitative estimate of drug-likeness (QED) is 0.524. The van der Waals surface area contributed by atoms with E-state index in [1.807, 2.05) is 20.8 Å². The molecule has 0 bridgehead atoms. The van der Waals surface area contributed by atoms with Crippen LogP contribution in [0.4, 0.5) is 13.6 Å². The van der Waals surface area contributed by atoms with Crippen molar-refractivity contribution in [3.8, 4) is 0 Å². The first kappa shape index (κ1) is 23.9. The van der Waals surface area contributed by atoms with Crippen LogP contribution in [0, 0.1) is 11.3 Å². The van der Waals surface area contributed by atoms with E-state index in [0.29, 0.717) is 0 Å². The lowest BCUT2D eigenvalue weighted by molar-refractivity contribution is -0.194. The SMILES string of the molecule is CCOC(=O)C(F)(F)C(OC(=S)SC)C1CCN(C(=O)O)C(C(C)(C)C)C1. The Bertz CT molecular complexity index is 568. The number of alkyl halides is 2. The predicted octanol–water partition coefficient (Wildman–Crippen LogP) is 4.02. The molecule has 0 spiro atoms. The third-order valence-corrected chi connectivity index (χ3v) is 5.64. The van der Waals surface area contributed by atoms with E-state index in [4.69, 9.17) is 17.0 Å². The zero-order chi connectivity index (χ0) is 21.0. The minimum absolute atomic E-state index is 0.0761. The van der Waals surface area contributed by atoms with Gasteiger partial charge in [-0.05, 0) is 43.7 Å². The number of likely N-dealkylation sites (tertiary alicyclic amines) is 1. The van der Waals surface area contributed by atoms with E-state index in [9.17, 15) is 23.5 Å². The Balaban J connectivity index is 3.20. The Hall–Kier alpha value is -1.16. The van der Waals surface area contributed by atoms with Gasteiger partial charge in [0.2, 0.25) is 4.38 Å². The van der Waals surface area contributed by atoms with Gasteiger partial charge in [-0.2, -0.15) is 8.78 Å². The average molecular weight is 428 g/mol. The van der Waals surface area contributed by atoms with E-state index in [1.165, 1.54) is 11.8 Å². The molecule has 1 aliphatic heterocycles. The number of hydrogen-bond acceptors (Lipinski definition) is 6. The molecule has 1 N–H and O–H groups in total. The highest BCUT2D eigenvalue weighted by Crippen LogP contribution is 2.41. The first-order chi connectivity index (χ1) is 12.4. The van der Waals surface area contributed by atoms with Gasteiger partial charge in [0.05, 0.1) is 6.61 Å². The van der Waals surface area contributed by atoms with Crippen LogP contribution < -0.4 is 0 Å². The summed E-state index contributed by atoms with van der Waals surface area (Å²) in [6, 6.07) is -0.499. The molecule has 0 saturated carbocycles. The van der Waals surface area contributed by atoms with Crippen LogP contribution >= 0.6 is 24.0 Å². The molecule has 6 nitrogen and oxygen atoms in total. The molecule has 0 aromatic heterocycles. The average Bonchev–Trinajstić information content (AvgIpc) is 2.58. The summed E-state index contributed by atoms with van der Waals surface area (Å²) in [5, 5.41) is 9.45. The number of rotatable bonds is 5. The van der Waals surface area contributed by atoms with Gasteiger partial charge in [-0.1, -0.05) is 32.5 Å². The molecule has 1 saturated heterocycles. The van der Waals surface area contributed by atoms with Crippen molar-refractivity contribution in [3.63, 3.8) is 0 Å². The third-order valence-electron chi connectivity index (χ3n) is 4.61. The maximum atomic E-state index is 14.8. The third kappa shape index (κ3) is 5.91. The minimum Gasteiger partial charge on any atom is -0.468 e. The van der Waals surface area contributed by atoms with Gasteiger partial charge in [-0.3, -0.25) is 0 Å². The molecule has 0 aromatic rings. The monoisotopic (exact) mass is 427 g/mol. The number of nitrogens with zero attached hydrogens (tertiary/aromatic N) is 1. The fraction of sp³-hybridized carbons (Fsp3) is 0.824. The first-order valence-electron chi connectivity index (χ1n) is 8.65. The minimum atomic E-state index is -3.89. The van der Waals surface area contributed by atoms with E-state index in [-0.39, 0.29) is 30.4 Å². The number of thiocarbonyl (C=S) groups is 1. The van der Waals surface area contributed by atoms with E-state index < -0.39 is 41.5 Å². The molecule has 0 aromatic carbocycles. The zero-order valence-electron chi connectivity index (χ0n) is 16.2. The van der Waals surface area contributed by atoms with Crippen LogP contribution in [0.15, 0.2) is 0 Å². The topological polar surface area (TPSA) is 76.1 Å². The van der Waals surface area contributed by atoms with E-state index >= 15 is 0 Å². The highest BCUT2D eigenvalue weighted by atomic mass is 32.2. The number of esters is 1. The normalized spacial score (nSPS) is 22.1. The van der Waals surface area contributed by atoms with Crippen molar-refractivity contribution in [1.82, 2.24) is 4.90 Å². The summed E-state index contributed by atoms with van der Waals surface area (Å²) in [6.45, 7) is 6.88. The number of ether oxygens (including phenoxy) is 2. The largest absolute Gasteiger partial charge is 0.468 e. The molecule has 1 aliphatic rings. The van der Waals surface area contributed by atoms with Gasteiger partial charge in [0.1, 0.15) is 0 Å². The summed E-state index contributed by atoms with van der Waals surface area (Å²) in [5.74, 6) is -6.31. The number of halogens is 2. The van der Waals surface area contributed by atoms with Crippen molar-refractivity contribution in [2.45, 2.75) is 58.6 Å². The van der Waals surface area contributed by atoms with Crippen molar-refractivity contribution in [2.75, 3.05) is 19.4 Å². The second-order valence-corrected chi connectivity index (χ2v) is 8.89. The molecule has 1 heterocycles. The van der Waals surface area contributed by atoms with Crippen LogP contribution in [0.1, 0.15) is 40.5 Å². The number of carbonyl (C=O) groups is 2. The van der Waals surface area contributed by atoms with Crippen molar-refractivity contribution in [1.29, 1.82) is 0 Å². The van der Waals surface area contributed by atoms with E-state index in [1.54, 1.807) is 6.26 Å². The van der Waals surface area contributed by atoms with Crippen LogP contribution in [-0.2, 0) is 14.3 Å². The summed E-state index contributed by atoms with van der Waals surface area (Å²) in [4.78, 5) is 24.7. The molecule has 0 radical (unpaired) electrons. The van der Waals surface area contributed by atoms with Crippen LogP contribution in [0.25, 0.3) is 0 Å². The lowest BCUT2D eigenvalue weighted by atomic mass is 9.74. The molecule has 10 heteroatoms. The Morgan fingerprint density at radius 1 is 1.37 bits per heavy atom. The highest BCUT2D eigenvalue weighted by molar-refractivity contribution is 8.22. The van der Waals surface area contributed by atoms with Gasteiger partial charge < -0.3 is 19.5 Å². The molecule has 1 amide bonds. The van der Waals surface area contributed by atoms with Gasteiger partial charge in [-0.15, -0.1) is 0 Å². The van der Waals surface area contributed by atoms with Crippen LogP contribution in [0.3, 0.4) is 0 Å². The van der Waals surface area contributed by atoms with Crippen LogP contribution in [0.2, 0.25) is 0 Å². The van der Waals surface area contributed by atoms with Gasteiger partial charge >= 0.3 is 18.0 Å². The summed E-state index contributed by atoms with van der Waals surface area (Å²) >= 11 is 5.93. The van der Waals surface area contributed by atoms with Crippen molar-refractivity contribution in [2.24, 2.45) is 11.3 Å². The Morgan fingerprint density at radius 3 is 2.41 bits per heavy atom. The van der Waals surface area contributed by atoms with Crippen molar-refractivity contribution >= 4 is 40.4 Å². The molecule has 3 unspecified atom stereocenters. The van der Waals surface area contributed by atoms with E-state index in [2.05, 4.69) is 4.74 Å². The standard InChI is InChI=1S/C17H27F2NO5S2/c1-6-24-13(21)17(18,19)12(25-15(26)27-5)10-7-8-20(14(22)23)11(9-10)16(2,3)4/h10-12H,6-9H2,1-5H3,(H,22,23). The van der Waals surface area contributed by atoms with Gasteiger partial charge in [0.25, 0.3) is 0 Å². The molecule has 156 valence electrons. The molecular formula is C17H27F2NO5S2. The summed E-state index contributed by atoms with van der Waals surface area (Å²) in [6.07, 6.45) is -1.05. The Kier molecular flexibility index (Phi) is 8.28. The number of piperidine rings is 1. The van der Waals surface area contributed by atoms with E-state index in [0.717, 1.165) is 11.8 Å².